The molecular formula is C19H22N2O2. The number of ether oxygens (including phenoxy) is 1. The molecule has 2 aliphatic rings. The number of likely N-dealkylation sites (tertiary alicyclic amines) is 1. The summed E-state index contributed by atoms with van der Waals surface area (Å²) in [6, 6.07) is 12.2. The lowest BCUT2D eigenvalue weighted by atomic mass is 9.92. The van der Waals surface area contributed by atoms with Crippen LogP contribution in [0.5, 0.6) is 0 Å². The Labute approximate surface area is 136 Å². The van der Waals surface area contributed by atoms with Crippen LogP contribution in [-0.4, -0.2) is 34.5 Å². The van der Waals surface area contributed by atoms with Crippen molar-refractivity contribution in [3.05, 3.63) is 42.1 Å². The van der Waals surface area contributed by atoms with Crippen LogP contribution < -0.4 is 0 Å². The van der Waals surface area contributed by atoms with Gasteiger partial charge in [-0.1, -0.05) is 24.3 Å². The molecule has 1 aromatic carbocycles. The van der Waals surface area contributed by atoms with Gasteiger partial charge in [0, 0.05) is 25.0 Å². The zero-order chi connectivity index (χ0) is 15.7. The lowest BCUT2D eigenvalue weighted by Crippen LogP contribution is -2.32. The molecule has 1 spiro atoms. The van der Waals surface area contributed by atoms with Crippen LogP contribution in [0.1, 0.15) is 37.8 Å². The van der Waals surface area contributed by atoms with E-state index in [-0.39, 0.29) is 11.5 Å². The van der Waals surface area contributed by atoms with Gasteiger partial charge in [0.15, 0.2) is 0 Å². The fourth-order valence-corrected chi connectivity index (χ4v) is 3.79. The van der Waals surface area contributed by atoms with Crippen molar-refractivity contribution in [3.63, 3.8) is 0 Å². The number of nitrogens with zero attached hydrogens (tertiary/aromatic N) is 2. The van der Waals surface area contributed by atoms with Crippen molar-refractivity contribution in [3.8, 4) is 0 Å². The van der Waals surface area contributed by atoms with Crippen LogP contribution in [-0.2, 0) is 16.1 Å². The van der Waals surface area contributed by atoms with Gasteiger partial charge in [-0.25, -0.2) is 0 Å². The van der Waals surface area contributed by atoms with Crippen LogP contribution in [0, 0.1) is 0 Å². The van der Waals surface area contributed by atoms with E-state index in [1.54, 1.807) is 0 Å². The molecule has 23 heavy (non-hydrogen) atoms. The molecule has 0 unspecified atom stereocenters. The predicted molar refractivity (Wildman–Crippen MR) is 88.9 cm³/mol. The van der Waals surface area contributed by atoms with Gasteiger partial charge in [-0.2, -0.15) is 0 Å². The summed E-state index contributed by atoms with van der Waals surface area (Å²) in [6.07, 6.45) is 4.64. The fourth-order valence-electron chi connectivity index (χ4n) is 3.79. The first kappa shape index (κ1) is 14.6. The molecule has 2 fully saturated rings. The average molecular weight is 310 g/mol. The van der Waals surface area contributed by atoms with Gasteiger partial charge >= 0.3 is 0 Å². The highest BCUT2D eigenvalue weighted by Gasteiger charge is 2.38. The van der Waals surface area contributed by atoms with Crippen molar-refractivity contribution in [2.45, 2.75) is 44.2 Å². The number of carbonyl (C=O) groups excluding carboxylic acids is 1. The summed E-state index contributed by atoms with van der Waals surface area (Å²) >= 11 is 0. The van der Waals surface area contributed by atoms with Crippen molar-refractivity contribution in [2.75, 3.05) is 13.2 Å². The minimum Gasteiger partial charge on any atom is -0.375 e. The average Bonchev–Trinajstić information content (AvgIpc) is 2.99. The molecule has 0 aliphatic carbocycles. The number of rotatable bonds is 2. The van der Waals surface area contributed by atoms with Crippen LogP contribution in [0.15, 0.2) is 36.4 Å². The van der Waals surface area contributed by atoms with Gasteiger partial charge in [0.2, 0.25) is 5.91 Å². The normalized spacial score (nSPS) is 25.2. The van der Waals surface area contributed by atoms with Gasteiger partial charge in [-0.15, -0.1) is 0 Å². The molecule has 4 nitrogen and oxygen atoms in total. The molecule has 1 aromatic heterocycles. The molecule has 2 aliphatic heterocycles. The lowest BCUT2D eigenvalue weighted by Gasteiger charge is -2.26. The summed E-state index contributed by atoms with van der Waals surface area (Å²) in [6.45, 7) is 2.22. The van der Waals surface area contributed by atoms with E-state index in [2.05, 4.69) is 12.1 Å². The van der Waals surface area contributed by atoms with E-state index in [0.717, 1.165) is 55.4 Å². The van der Waals surface area contributed by atoms with Gasteiger partial charge in [-0.05, 0) is 37.8 Å². The number of amides is 1. The number of hydrogen-bond acceptors (Lipinski definition) is 3. The summed E-state index contributed by atoms with van der Waals surface area (Å²) < 4.78 is 5.97. The molecule has 0 bridgehead atoms. The second-order valence-electron chi connectivity index (χ2n) is 6.70. The summed E-state index contributed by atoms with van der Waals surface area (Å²) in [5.41, 5.74) is 1.91. The predicted octanol–water partition coefficient (Wildman–Crippen LogP) is 3.30. The van der Waals surface area contributed by atoms with E-state index in [1.165, 1.54) is 0 Å². The number of hydrogen-bond donors (Lipinski definition) is 0. The Balaban J connectivity index is 1.51. The zero-order valence-electron chi connectivity index (χ0n) is 13.3. The van der Waals surface area contributed by atoms with Gasteiger partial charge in [-0.3, -0.25) is 9.78 Å². The number of fused-ring (bicyclic) bond motifs is 1. The summed E-state index contributed by atoms with van der Waals surface area (Å²) in [5, 5.41) is 1.14. The molecule has 3 heterocycles. The number of aromatic nitrogens is 1. The summed E-state index contributed by atoms with van der Waals surface area (Å²) in [7, 11) is 0. The highest BCUT2D eigenvalue weighted by molar-refractivity contribution is 5.79. The Kier molecular flexibility index (Phi) is 3.77. The van der Waals surface area contributed by atoms with Crippen molar-refractivity contribution >= 4 is 16.8 Å². The highest BCUT2D eigenvalue weighted by Crippen LogP contribution is 2.36. The fraction of sp³-hybridized carbons (Fsp3) is 0.474. The van der Waals surface area contributed by atoms with Gasteiger partial charge in [0.25, 0.3) is 0 Å². The Morgan fingerprint density at radius 1 is 1.13 bits per heavy atom. The minimum atomic E-state index is -0.0405. The van der Waals surface area contributed by atoms with Gasteiger partial charge in [0.1, 0.15) is 0 Å². The maximum absolute atomic E-state index is 12.5. The monoisotopic (exact) mass is 310 g/mol. The van der Waals surface area contributed by atoms with E-state index in [9.17, 15) is 4.79 Å². The maximum Gasteiger partial charge on any atom is 0.223 e. The second kappa shape index (κ2) is 5.93. The van der Waals surface area contributed by atoms with Crippen LogP contribution in [0.2, 0.25) is 0 Å². The minimum absolute atomic E-state index is 0.0405. The first-order chi connectivity index (χ1) is 11.2. The molecule has 1 atom stereocenters. The first-order valence-electron chi connectivity index (χ1n) is 8.51. The third-order valence-corrected chi connectivity index (χ3v) is 5.18. The van der Waals surface area contributed by atoms with Crippen LogP contribution in [0.25, 0.3) is 10.9 Å². The Morgan fingerprint density at radius 2 is 2.04 bits per heavy atom. The number of pyridine rings is 1. The molecule has 2 saturated heterocycles. The van der Waals surface area contributed by atoms with Crippen molar-refractivity contribution < 1.29 is 9.53 Å². The van der Waals surface area contributed by atoms with E-state index in [0.29, 0.717) is 13.0 Å². The number of para-hydroxylation sites is 1. The highest BCUT2D eigenvalue weighted by atomic mass is 16.5. The molecule has 1 amide bonds. The van der Waals surface area contributed by atoms with E-state index in [4.69, 9.17) is 9.72 Å². The second-order valence-corrected chi connectivity index (χ2v) is 6.70. The van der Waals surface area contributed by atoms with Gasteiger partial charge in [0.05, 0.1) is 23.4 Å². The third-order valence-electron chi connectivity index (χ3n) is 5.18. The Bertz CT molecular complexity index is 722. The zero-order valence-corrected chi connectivity index (χ0v) is 13.3. The van der Waals surface area contributed by atoms with Crippen molar-refractivity contribution in [2.24, 2.45) is 0 Å². The van der Waals surface area contributed by atoms with Crippen LogP contribution in [0.4, 0.5) is 0 Å². The Morgan fingerprint density at radius 3 is 2.91 bits per heavy atom. The smallest absolute Gasteiger partial charge is 0.223 e. The number of benzene rings is 1. The topological polar surface area (TPSA) is 42.4 Å². The standard InChI is InChI=1S/C19H22N2O2/c22-18-8-10-19(9-3-13-23-19)11-12-21(18)14-16-7-6-15-4-1-2-5-17(15)20-16/h1-2,4-7H,3,8-14H2/t19-/m1/s1. The summed E-state index contributed by atoms with van der Waals surface area (Å²) in [4.78, 5) is 19.1. The molecular weight excluding hydrogens is 288 g/mol. The van der Waals surface area contributed by atoms with E-state index < -0.39 is 0 Å². The molecule has 0 radical (unpaired) electrons. The van der Waals surface area contributed by atoms with Crippen LogP contribution >= 0.6 is 0 Å². The Hall–Kier alpha value is -1.94. The molecule has 4 rings (SSSR count). The SMILES string of the molecule is O=C1CC[C@]2(CCCO2)CCN1Cc1ccc2ccccc2n1. The lowest BCUT2D eigenvalue weighted by molar-refractivity contribution is -0.131. The van der Waals surface area contributed by atoms with Crippen LogP contribution in [0.3, 0.4) is 0 Å². The first-order valence-corrected chi connectivity index (χ1v) is 8.51. The molecule has 120 valence electrons. The van der Waals surface area contributed by atoms with Crippen molar-refractivity contribution in [1.82, 2.24) is 9.88 Å². The van der Waals surface area contributed by atoms with Crippen molar-refractivity contribution in [1.29, 1.82) is 0 Å². The molecule has 0 saturated carbocycles. The van der Waals surface area contributed by atoms with E-state index >= 15 is 0 Å². The quantitative estimate of drug-likeness (QED) is 0.855. The summed E-state index contributed by atoms with van der Waals surface area (Å²) in [5.74, 6) is 0.229. The molecule has 0 N–H and O–H groups in total. The maximum atomic E-state index is 12.5. The molecule has 2 aromatic rings. The van der Waals surface area contributed by atoms with E-state index in [1.807, 2.05) is 29.2 Å². The number of carbonyl (C=O) groups is 1. The molecule has 4 heteroatoms. The van der Waals surface area contributed by atoms with Gasteiger partial charge < -0.3 is 9.64 Å². The largest absolute Gasteiger partial charge is 0.375 e. The third kappa shape index (κ3) is 2.95.